The first-order valence-electron chi connectivity index (χ1n) is 7.35. The first-order chi connectivity index (χ1) is 11.6. The summed E-state index contributed by atoms with van der Waals surface area (Å²) in [5, 5.41) is 6.96. The molecule has 24 heavy (non-hydrogen) atoms. The summed E-state index contributed by atoms with van der Waals surface area (Å²) in [7, 11) is 1.47. The fourth-order valence-electron chi connectivity index (χ4n) is 2.29. The molecular weight excluding hydrogens is 309 g/mol. The first kappa shape index (κ1) is 15.7. The molecule has 3 aromatic rings. The lowest BCUT2D eigenvalue weighted by atomic mass is 10.2. The molecule has 0 saturated heterocycles. The molecule has 0 radical (unpaired) electrons. The lowest BCUT2D eigenvalue weighted by Gasteiger charge is -2.07. The summed E-state index contributed by atoms with van der Waals surface area (Å²) in [6.07, 6.45) is 1.63. The lowest BCUT2D eigenvalue weighted by Crippen LogP contribution is -2.15. The number of para-hydroxylation sites is 1. The Labute approximate surface area is 138 Å². The van der Waals surface area contributed by atoms with Crippen molar-refractivity contribution < 1.29 is 13.9 Å². The van der Waals surface area contributed by atoms with E-state index < -0.39 is 11.7 Å². The van der Waals surface area contributed by atoms with Gasteiger partial charge in [-0.25, -0.2) is 9.07 Å². The van der Waals surface area contributed by atoms with Gasteiger partial charge < -0.3 is 10.1 Å². The number of halogens is 1. The van der Waals surface area contributed by atoms with E-state index in [9.17, 15) is 9.18 Å². The van der Waals surface area contributed by atoms with Gasteiger partial charge in [-0.05, 0) is 36.8 Å². The van der Waals surface area contributed by atoms with Gasteiger partial charge in [0.25, 0.3) is 5.91 Å². The van der Waals surface area contributed by atoms with Crippen LogP contribution in [0.3, 0.4) is 0 Å². The molecular formula is C18H16FN3O2. The topological polar surface area (TPSA) is 56.2 Å². The molecule has 5 nitrogen and oxygen atoms in total. The maximum absolute atomic E-state index is 13.4. The predicted octanol–water partition coefficient (Wildman–Crippen LogP) is 3.58. The molecule has 1 amide bonds. The highest BCUT2D eigenvalue weighted by atomic mass is 19.1. The van der Waals surface area contributed by atoms with Crippen LogP contribution in [0.25, 0.3) is 5.69 Å². The molecule has 3 rings (SSSR count). The number of carbonyl (C=O) groups excluding carboxylic acids is 1. The number of hydrogen-bond acceptors (Lipinski definition) is 3. The number of carbonyl (C=O) groups is 1. The van der Waals surface area contributed by atoms with Crippen molar-refractivity contribution >= 4 is 11.6 Å². The Morgan fingerprint density at radius 2 is 1.96 bits per heavy atom. The summed E-state index contributed by atoms with van der Waals surface area (Å²) in [4.78, 5) is 12.5. The molecule has 2 aromatic carbocycles. The minimum atomic E-state index is -0.463. The monoisotopic (exact) mass is 325 g/mol. The van der Waals surface area contributed by atoms with Crippen molar-refractivity contribution in [3.8, 4) is 11.4 Å². The van der Waals surface area contributed by atoms with Gasteiger partial charge in [-0.2, -0.15) is 5.10 Å². The Bertz CT molecular complexity index is 875. The Hall–Kier alpha value is -3.15. The second-order valence-electron chi connectivity index (χ2n) is 5.24. The minimum Gasteiger partial charge on any atom is -0.493 e. The number of ether oxygens (including phenoxy) is 1. The van der Waals surface area contributed by atoms with E-state index in [0.29, 0.717) is 11.4 Å². The van der Waals surface area contributed by atoms with E-state index in [-0.39, 0.29) is 5.69 Å². The van der Waals surface area contributed by atoms with E-state index in [1.165, 1.54) is 19.2 Å². The van der Waals surface area contributed by atoms with Crippen LogP contribution in [-0.4, -0.2) is 22.8 Å². The SMILES string of the molecule is COc1cn(-c2ccccc2)nc1C(=O)Nc1cc(F)ccc1C. The molecule has 0 saturated carbocycles. The highest BCUT2D eigenvalue weighted by Crippen LogP contribution is 2.22. The number of aromatic nitrogens is 2. The quantitative estimate of drug-likeness (QED) is 0.797. The Kier molecular flexibility index (Phi) is 4.29. The minimum absolute atomic E-state index is 0.130. The number of aryl methyl sites for hydroxylation is 1. The van der Waals surface area contributed by atoms with E-state index >= 15 is 0 Å². The van der Waals surface area contributed by atoms with Crippen LogP contribution in [0.4, 0.5) is 10.1 Å². The van der Waals surface area contributed by atoms with E-state index in [2.05, 4.69) is 10.4 Å². The Morgan fingerprint density at radius 3 is 2.67 bits per heavy atom. The van der Waals surface area contributed by atoms with Gasteiger partial charge in [0.1, 0.15) is 5.82 Å². The summed E-state index contributed by atoms with van der Waals surface area (Å²) in [5.74, 6) is -0.543. The summed E-state index contributed by atoms with van der Waals surface area (Å²) < 4.78 is 20.2. The standard InChI is InChI=1S/C18H16FN3O2/c1-12-8-9-13(19)10-15(12)20-18(23)17-16(24-2)11-22(21-17)14-6-4-3-5-7-14/h3-11H,1-2H3,(H,20,23). The summed E-state index contributed by atoms with van der Waals surface area (Å²) in [6.45, 7) is 1.79. The molecule has 0 spiro atoms. The number of nitrogens with one attached hydrogen (secondary N) is 1. The largest absolute Gasteiger partial charge is 0.493 e. The van der Waals surface area contributed by atoms with Gasteiger partial charge in [-0.3, -0.25) is 4.79 Å². The fourth-order valence-corrected chi connectivity index (χ4v) is 2.29. The van der Waals surface area contributed by atoms with Gasteiger partial charge >= 0.3 is 0 Å². The number of hydrogen-bond donors (Lipinski definition) is 1. The van der Waals surface area contributed by atoms with Crippen molar-refractivity contribution in [1.82, 2.24) is 9.78 Å². The second kappa shape index (κ2) is 6.54. The van der Waals surface area contributed by atoms with Crippen LogP contribution in [0, 0.1) is 12.7 Å². The summed E-state index contributed by atoms with van der Waals surface area (Å²) in [6, 6.07) is 13.6. The molecule has 122 valence electrons. The van der Waals surface area contributed by atoms with Crippen LogP contribution in [0.15, 0.2) is 54.7 Å². The van der Waals surface area contributed by atoms with Crippen LogP contribution >= 0.6 is 0 Å². The van der Waals surface area contributed by atoms with Gasteiger partial charge in [0.15, 0.2) is 11.4 Å². The Balaban J connectivity index is 1.92. The van der Waals surface area contributed by atoms with Crippen molar-refractivity contribution in [2.45, 2.75) is 6.92 Å². The van der Waals surface area contributed by atoms with Crippen molar-refractivity contribution in [1.29, 1.82) is 0 Å². The van der Waals surface area contributed by atoms with Gasteiger partial charge in [-0.1, -0.05) is 24.3 Å². The van der Waals surface area contributed by atoms with Gasteiger partial charge in [0, 0.05) is 5.69 Å². The second-order valence-corrected chi connectivity index (χ2v) is 5.24. The van der Waals surface area contributed by atoms with E-state index in [1.54, 1.807) is 23.9 Å². The van der Waals surface area contributed by atoms with Crippen LogP contribution < -0.4 is 10.1 Å². The number of rotatable bonds is 4. The normalized spacial score (nSPS) is 10.5. The number of amides is 1. The zero-order valence-electron chi connectivity index (χ0n) is 13.3. The van der Waals surface area contributed by atoms with Crippen LogP contribution in [0.2, 0.25) is 0 Å². The highest BCUT2D eigenvalue weighted by molar-refractivity contribution is 6.05. The van der Waals surface area contributed by atoms with Gasteiger partial charge in [0.2, 0.25) is 0 Å². The maximum Gasteiger partial charge on any atom is 0.280 e. The number of benzene rings is 2. The van der Waals surface area contributed by atoms with E-state index in [4.69, 9.17) is 4.74 Å². The number of methoxy groups -OCH3 is 1. The van der Waals surface area contributed by atoms with Crippen LogP contribution in [-0.2, 0) is 0 Å². The molecule has 0 aliphatic rings. The summed E-state index contributed by atoms with van der Waals surface area (Å²) >= 11 is 0. The average molecular weight is 325 g/mol. The maximum atomic E-state index is 13.4. The summed E-state index contributed by atoms with van der Waals surface area (Å²) in [5.41, 5.74) is 2.09. The van der Waals surface area contributed by atoms with Crippen molar-refractivity contribution in [2.75, 3.05) is 12.4 Å². The fraction of sp³-hybridized carbons (Fsp3) is 0.111. The third kappa shape index (κ3) is 3.12. The van der Waals surface area contributed by atoms with Crippen LogP contribution in [0.1, 0.15) is 16.1 Å². The van der Waals surface area contributed by atoms with Gasteiger partial charge in [0.05, 0.1) is 19.0 Å². The zero-order valence-corrected chi connectivity index (χ0v) is 13.3. The highest BCUT2D eigenvalue weighted by Gasteiger charge is 2.19. The van der Waals surface area contributed by atoms with E-state index in [1.807, 2.05) is 30.3 Å². The molecule has 1 N–H and O–H groups in total. The van der Waals surface area contributed by atoms with E-state index in [0.717, 1.165) is 11.3 Å². The third-order valence-corrected chi connectivity index (χ3v) is 3.58. The Morgan fingerprint density at radius 1 is 1.21 bits per heavy atom. The zero-order chi connectivity index (χ0) is 17.1. The molecule has 0 unspecified atom stereocenters. The number of anilines is 1. The molecule has 0 atom stereocenters. The van der Waals surface area contributed by atoms with Crippen LogP contribution in [0.5, 0.6) is 5.75 Å². The van der Waals surface area contributed by atoms with Gasteiger partial charge in [-0.15, -0.1) is 0 Å². The molecule has 1 aromatic heterocycles. The molecule has 0 bridgehead atoms. The lowest BCUT2D eigenvalue weighted by molar-refractivity contribution is 0.101. The molecule has 0 fully saturated rings. The first-order valence-corrected chi connectivity index (χ1v) is 7.35. The molecule has 6 heteroatoms. The average Bonchev–Trinajstić information content (AvgIpc) is 3.03. The molecule has 0 aliphatic heterocycles. The predicted molar refractivity (Wildman–Crippen MR) is 89.2 cm³/mol. The van der Waals surface area contributed by atoms with Crippen molar-refractivity contribution in [3.63, 3.8) is 0 Å². The van der Waals surface area contributed by atoms with Crippen molar-refractivity contribution in [2.24, 2.45) is 0 Å². The number of nitrogens with zero attached hydrogens (tertiary/aromatic N) is 2. The third-order valence-electron chi connectivity index (χ3n) is 3.58. The molecule has 1 heterocycles. The van der Waals surface area contributed by atoms with Crippen molar-refractivity contribution in [3.05, 3.63) is 71.8 Å². The molecule has 0 aliphatic carbocycles. The smallest absolute Gasteiger partial charge is 0.280 e.